The van der Waals surface area contributed by atoms with Crippen molar-refractivity contribution in [2.24, 2.45) is 11.7 Å². The monoisotopic (exact) mass is 410 g/mol. The molecular weight excluding hydrogens is 380 g/mol. The van der Waals surface area contributed by atoms with E-state index in [0.29, 0.717) is 17.6 Å². The van der Waals surface area contributed by atoms with Crippen LogP contribution in [0.15, 0.2) is 30.5 Å². The van der Waals surface area contributed by atoms with Crippen LogP contribution in [0.1, 0.15) is 47.7 Å². The number of carbonyl (C=O) groups excluding carboxylic acids is 1. The van der Waals surface area contributed by atoms with Crippen LogP contribution in [-0.4, -0.2) is 53.8 Å². The Labute approximate surface area is 176 Å². The Morgan fingerprint density at radius 3 is 2.70 bits per heavy atom. The maximum absolute atomic E-state index is 11.9. The quantitative estimate of drug-likeness (QED) is 0.575. The van der Waals surface area contributed by atoms with E-state index in [9.17, 15) is 9.90 Å². The standard InChI is InChI=1S/C22H30N6O2/c23-21(30)20-22(27-19(12-25-20)28-11-1-2-15(13-28)14-29)26-18-5-3-16(4-6-18)17-7-9-24-10-8-17/h3-6,12,15,17,24,29H,1-2,7-11,13-14H2,(H2,23,30)(H,26,27)/t15-/m0/s1. The van der Waals surface area contributed by atoms with Crippen LogP contribution in [0.4, 0.5) is 17.3 Å². The highest BCUT2D eigenvalue weighted by Crippen LogP contribution is 2.28. The Hall–Kier alpha value is -2.71. The molecule has 0 saturated carbocycles. The number of carbonyl (C=O) groups is 1. The summed E-state index contributed by atoms with van der Waals surface area (Å²) in [5.74, 6) is 1.25. The van der Waals surface area contributed by atoms with Gasteiger partial charge in [-0.25, -0.2) is 9.97 Å². The predicted octanol–water partition coefficient (Wildman–Crippen LogP) is 1.99. The average molecular weight is 411 g/mol. The molecule has 160 valence electrons. The van der Waals surface area contributed by atoms with Crippen molar-refractivity contribution in [3.05, 3.63) is 41.7 Å². The molecule has 0 spiro atoms. The molecule has 1 atom stereocenters. The lowest BCUT2D eigenvalue weighted by molar-refractivity contribution is 0.0996. The summed E-state index contributed by atoms with van der Waals surface area (Å²) in [6.45, 7) is 3.86. The van der Waals surface area contributed by atoms with Gasteiger partial charge in [-0.2, -0.15) is 0 Å². The van der Waals surface area contributed by atoms with Crippen LogP contribution in [0.25, 0.3) is 0 Å². The Kier molecular flexibility index (Phi) is 6.44. The summed E-state index contributed by atoms with van der Waals surface area (Å²) >= 11 is 0. The minimum absolute atomic E-state index is 0.122. The Morgan fingerprint density at radius 1 is 1.23 bits per heavy atom. The van der Waals surface area contributed by atoms with Crippen molar-refractivity contribution in [3.8, 4) is 0 Å². The Bertz CT molecular complexity index is 866. The van der Waals surface area contributed by atoms with Crippen LogP contribution in [0, 0.1) is 5.92 Å². The number of amides is 1. The number of nitrogens with one attached hydrogen (secondary N) is 2. The van der Waals surface area contributed by atoms with Gasteiger partial charge >= 0.3 is 0 Å². The first-order valence-electron chi connectivity index (χ1n) is 10.7. The predicted molar refractivity (Wildman–Crippen MR) is 117 cm³/mol. The maximum atomic E-state index is 11.9. The average Bonchev–Trinajstić information content (AvgIpc) is 2.80. The molecule has 2 aliphatic rings. The first-order chi connectivity index (χ1) is 14.6. The molecule has 2 saturated heterocycles. The number of hydrogen-bond donors (Lipinski definition) is 4. The second kappa shape index (κ2) is 9.40. The maximum Gasteiger partial charge on any atom is 0.271 e. The summed E-state index contributed by atoms with van der Waals surface area (Å²) in [5, 5.41) is 16.1. The molecule has 8 nitrogen and oxygen atoms in total. The summed E-state index contributed by atoms with van der Waals surface area (Å²) in [4.78, 5) is 22.9. The molecule has 1 aromatic carbocycles. The lowest BCUT2D eigenvalue weighted by Gasteiger charge is -2.32. The van der Waals surface area contributed by atoms with Gasteiger partial charge in [0.05, 0.1) is 6.20 Å². The van der Waals surface area contributed by atoms with E-state index in [1.165, 1.54) is 5.56 Å². The summed E-state index contributed by atoms with van der Waals surface area (Å²) in [5.41, 5.74) is 7.82. The normalized spacial score (nSPS) is 20.2. The zero-order valence-electron chi connectivity index (χ0n) is 17.2. The van der Waals surface area contributed by atoms with Crippen molar-refractivity contribution in [2.75, 3.05) is 43.0 Å². The molecule has 0 unspecified atom stereocenters. The molecule has 4 rings (SSSR count). The smallest absolute Gasteiger partial charge is 0.271 e. The number of benzene rings is 1. The molecular formula is C22H30N6O2. The minimum Gasteiger partial charge on any atom is -0.396 e. The fraction of sp³-hybridized carbons (Fsp3) is 0.500. The summed E-state index contributed by atoms with van der Waals surface area (Å²) in [6.07, 6.45) is 5.89. The number of aromatic nitrogens is 2. The summed E-state index contributed by atoms with van der Waals surface area (Å²) in [6, 6.07) is 8.30. The summed E-state index contributed by atoms with van der Waals surface area (Å²) < 4.78 is 0. The first kappa shape index (κ1) is 20.6. The van der Waals surface area contributed by atoms with Gasteiger partial charge in [-0.3, -0.25) is 4.79 Å². The van der Waals surface area contributed by atoms with Crippen LogP contribution in [0.2, 0.25) is 0 Å². The van der Waals surface area contributed by atoms with Gasteiger partial charge in [0.15, 0.2) is 11.5 Å². The van der Waals surface area contributed by atoms with E-state index in [4.69, 9.17) is 5.73 Å². The molecule has 0 bridgehead atoms. The van der Waals surface area contributed by atoms with Crippen molar-refractivity contribution < 1.29 is 9.90 Å². The van der Waals surface area contributed by atoms with Crippen LogP contribution >= 0.6 is 0 Å². The molecule has 8 heteroatoms. The van der Waals surface area contributed by atoms with Crippen molar-refractivity contribution in [1.82, 2.24) is 15.3 Å². The topological polar surface area (TPSA) is 116 Å². The number of primary amides is 1. The first-order valence-corrected chi connectivity index (χ1v) is 10.7. The number of aliphatic hydroxyl groups is 1. The van der Waals surface area contributed by atoms with Gasteiger partial charge < -0.3 is 26.4 Å². The van der Waals surface area contributed by atoms with Crippen LogP contribution in [0.3, 0.4) is 0 Å². The van der Waals surface area contributed by atoms with Gasteiger partial charge in [-0.15, -0.1) is 0 Å². The molecule has 5 N–H and O–H groups in total. The molecule has 0 radical (unpaired) electrons. The fourth-order valence-corrected chi connectivity index (χ4v) is 4.35. The molecule has 1 amide bonds. The van der Waals surface area contributed by atoms with Crippen LogP contribution in [-0.2, 0) is 0 Å². The molecule has 3 heterocycles. The van der Waals surface area contributed by atoms with E-state index in [2.05, 4.69) is 37.6 Å². The molecule has 30 heavy (non-hydrogen) atoms. The third-order valence-corrected chi connectivity index (χ3v) is 6.08. The van der Waals surface area contributed by atoms with Crippen LogP contribution < -0.4 is 21.3 Å². The van der Waals surface area contributed by atoms with Gasteiger partial charge in [0, 0.05) is 25.4 Å². The van der Waals surface area contributed by atoms with Crippen molar-refractivity contribution in [1.29, 1.82) is 0 Å². The molecule has 2 aromatic rings. The van der Waals surface area contributed by atoms with Crippen molar-refractivity contribution >= 4 is 23.2 Å². The molecule has 2 fully saturated rings. The lowest BCUT2D eigenvalue weighted by atomic mass is 9.90. The summed E-state index contributed by atoms with van der Waals surface area (Å²) in [7, 11) is 0. The third kappa shape index (κ3) is 4.71. The molecule has 0 aliphatic carbocycles. The van der Waals surface area contributed by atoms with Crippen LogP contribution in [0.5, 0.6) is 0 Å². The van der Waals surface area contributed by atoms with E-state index < -0.39 is 5.91 Å². The number of nitrogens with zero attached hydrogens (tertiary/aromatic N) is 3. The van der Waals surface area contributed by atoms with Gasteiger partial charge in [-0.1, -0.05) is 12.1 Å². The number of piperidine rings is 2. The third-order valence-electron chi connectivity index (χ3n) is 6.08. The zero-order chi connectivity index (χ0) is 20.9. The Balaban J connectivity index is 1.53. The second-order valence-electron chi connectivity index (χ2n) is 8.20. The Morgan fingerprint density at radius 2 is 2.00 bits per heavy atom. The fourth-order valence-electron chi connectivity index (χ4n) is 4.35. The SMILES string of the molecule is NC(=O)c1ncc(N2CCC[C@H](CO)C2)nc1Nc1ccc(C2CCNCC2)cc1. The van der Waals surface area contributed by atoms with E-state index in [1.807, 2.05) is 12.1 Å². The minimum atomic E-state index is -0.616. The number of nitrogens with two attached hydrogens (primary N) is 1. The van der Waals surface area contributed by atoms with Crippen molar-refractivity contribution in [2.45, 2.75) is 31.6 Å². The van der Waals surface area contributed by atoms with E-state index in [-0.39, 0.29) is 18.2 Å². The number of rotatable bonds is 6. The van der Waals surface area contributed by atoms with E-state index >= 15 is 0 Å². The van der Waals surface area contributed by atoms with Gasteiger partial charge in [0.25, 0.3) is 5.91 Å². The molecule has 2 aliphatic heterocycles. The highest BCUT2D eigenvalue weighted by molar-refractivity contribution is 5.96. The van der Waals surface area contributed by atoms with Gasteiger partial charge in [0.1, 0.15) is 5.82 Å². The number of hydrogen-bond acceptors (Lipinski definition) is 7. The lowest BCUT2D eigenvalue weighted by Crippen LogP contribution is -2.37. The van der Waals surface area contributed by atoms with E-state index in [0.717, 1.165) is 57.5 Å². The number of aliphatic hydroxyl groups excluding tert-OH is 1. The highest BCUT2D eigenvalue weighted by Gasteiger charge is 2.22. The number of anilines is 3. The molecule has 1 aromatic heterocycles. The largest absolute Gasteiger partial charge is 0.396 e. The van der Waals surface area contributed by atoms with E-state index in [1.54, 1.807) is 6.20 Å². The van der Waals surface area contributed by atoms with Gasteiger partial charge in [0.2, 0.25) is 0 Å². The second-order valence-corrected chi connectivity index (χ2v) is 8.20. The zero-order valence-corrected chi connectivity index (χ0v) is 17.2. The van der Waals surface area contributed by atoms with Crippen molar-refractivity contribution in [3.63, 3.8) is 0 Å². The van der Waals surface area contributed by atoms with Gasteiger partial charge in [-0.05, 0) is 68.3 Å². The highest BCUT2D eigenvalue weighted by atomic mass is 16.3.